The predicted octanol–water partition coefficient (Wildman–Crippen LogP) is 3.80. The summed E-state index contributed by atoms with van der Waals surface area (Å²) in [5, 5.41) is 5.73. The highest BCUT2D eigenvalue weighted by molar-refractivity contribution is 5.94. The normalized spacial score (nSPS) is 14.4. The summed E-state index contributed by atoms with van der Waals surface area (Å²) >= 11 is 0. The summed E-state index contributed by atoms with van der Waals surface area (Å²) < 4.78 is 5.77. The summed E-state index contributed by atoms with van der Waals surface area (Å²) in [6, 6.07) is 7.49. The first-order valence-corrected chi connectivity index (χ1v) is 9.13. The van der Waals surface area contributed by atoms with Crippen molar-refractivity contribution in [1.29, 1.82) is 0 Å². The molecule has 1 saturated carbocycles. The lowest BCUT2D eigenvalue weighted by molar-refractivity contribution is -0.119. The molecule has 0 spiro atoms. The van der Waals surface area contributed by atoms with Crippen LogP contribution < -0.4 is 10.6 Å². The molecule has 138 valence electrons. The van der Waals surface area contributed by atoms with Crippen molar-refractivity contribution in [3.05, 3.63) is 35.7 Å². The maximum atomic E-state index is 12.4. The minimum absolute atomic E-state index is 0.0334. The number of benzene rings is 1. The average Bonchev–Trinajstić information content (AvgIpc) is 3.23. The minimum Gasteiger partial charge on any atom is -0.441 e. The first kappa shape index (κ1) is 18.2. The van der Waals surface area contributed by atoms with Crippen molar-refractivity contribution in [3.8, 4) is 11.5 Å². The van der Waals surface area contributed by atoms with Crippen molar-refractivity contribution >= 4 is 17.5 Å². The molecule has 1 aliphatic rings. The highest BCUT2D eigenvalue weighted by atomic mass is 16.4. The second-order valence-electron chi connectivity index (χ2n) is 6.88. The van der Waals surface area contributed by atoms with Crippen LogP contribution in [0.5, 0.6) is 0 Å². The SMILES string of the molecule is CC(=O)NCc1nc(-c2ccccc2NC(=O)CC2CCCC2)oc1C. The lowest BCUT2D eigenvalue weighted by atomic mass is 10.0. The third kappa shape index (κ3) is 4.50. The lowest BCUT2D eigenvalue weighted by Crippen LogP contribution is -2.19. The molecule has 1 aromatic heterocycles. The predicted molar refractivity (Wildman–Crippen MR) is 99.4 cm³/mol. The number of anilines is 1. The van der Waals surface area contributed by atoms with E-state index in [0.29, 0.717) is 41.9 Å². The number of carbonyl (C=O) groups is 2. The van der Waals surface area contributed by atoms with Gasteiger partial charge >= 0.3 is 0 Å². The first-order valence-electron chi connectivity index (χ1n) is 9.13. The third-order valence-corrected chi connectivity index (χ3v) is 4.78. The van der Waals surface area contributed by atoms with Crippen LogP contribution in [-0.4, -0.2) is 16.8 Å². The lowest BCUT2D eigenvalue weighted by Gasteiger charge is -2.11. The van der Waals surface area contributed by atoms with Crippen LogP contribution in [0.25, 0.3) is 11.5 Å². The number of carbonyl (C=O) groups excluding carboxylic acids is 2. The van der Waals surface area contributed by atoms with Gasteiger partial charge < -0.3 is 15.1 Å². The number of para-hydroxylation sites is 1. The van der Waals surface area contributed by atoms with Crippen LogP contribution in [-0.2, 0) is 16.1 Å². The van der Waals surface area contributed by atoms with Crippen molar-refractivity contribution < 1.29 is 14.0 Å². The summed E-state index contributed by atoms with van der Waals surface area (Å²) in [6.07, 6.45) is 5.29. The van der Waals surface area contributed by atoms with Gasteiger partial charge in [0.15, 0.2) is 0 Å². The van der Waals surface area contributed by atoms with Gasteiger partial charge in [-0.1, -0.05) is 25.0 Å². The van der Waals surface area contributed by atoms with Gasteiger partial charge in [-0.05, 0) is 37.8 Å². The Kier molecular flexibility index (Phi) is 5.71. The van der Waals surface area contributed by atoms with Crippen molar-refractivity contribution in [1.82, 2.24) is 10.3 Å². The number of nitrogens with zero attached hydrogens (tertiary/aromatic N) is 1. The van der Waals surface area contributed by atoms with Crippen LogP contribution in [0, 0.1) is 12.8 Å². The highest BCUT2D eigenvalue weighted by Crippen LogP contribution is 2.31. The molecule has 0 atom stereocenters. The van der Waals surface area contributed by atoms with Gasteiger partial charge in [0.05, 0.1) is 17.8 Å². The van der Waals surface area contributed by atoms with Crippen molar-refractivity contribution in [3.63, 3.8) is 0 Å². The number of aryl methyl sites for hydroxylation is 1. The smallest absolute Gasteiger partial charge is 0.228 e. The van der Waals surface area contributed by atoms with E-state index < -0.39 is 0 Å². The standard InChI is InChI=1S/C20H25N3O3/c1-13-18(12-21-14(2)24)23-20(26-13)16-9-5-6-10-17(16)22-19(25)11-15-7-3-4-8-15/h5-6,9-10,15H,3-4,7-8,11-12H2,1-2H3,(H,21,24)(H,22,25). The fourth-order valence-corrected chi connectivity index (χ4v) is 3.37. The molecule has 1 heterocycles. The summed E-state index contributed by atoms with van der Waals surface area (Å²) in [6.45, 7) is 3.60. The van der Waals surface area contributed by atoms with E-state index in [0.717, 1.165) is 18.4 Å². The van der Waals surface area contributed by atoms with E-state index in [1.54, 1.807) is 0 Å². The molecule has 2 N–H and O–H groups in total. The molecule has 0 radical (unpaired) electrons. The second kappa shape index (κ2) is 8.17. The molecular formula is C20H25N3O3. The zero-order chi connectivity index (χ0) is 18.5. The van der Waals surface area contributed by atoms with E-state index in [-0.39, 0.29) is 11.8 Å². The Balaban J connectivity index is 1.75. The zero-order valence-electron chi connectivity index (χ0n) is 15.3. The molecule has 0 saturated heterocycles. The monoisotopic (exact) mass is 355 g/mol. The Hall–Kier alpha value is -2.63. The molecule has 0 aliphatic heterocycles. The maximum absolute atomic E-state index is 12.4. The summed E-state index contributed by atoms with van der Waals surface area (Å²) in [4.78, 5) is 28.0. The van der Waals surface area contributed by atoms with Gasteiger partial charge in [0, 0.05) is 13.3 Å². The first-order chi connectivity index (χ1) is 12.5. The number of hydrogen-bond donors (Lipinski definition) is 2. The Bertz CT molecular complexity index is 791. The molecule has 6 nitrogen and oxygen atoms in total. The maximum Gasteiger partial charge on any atom is 0.228 e. The Morgan fingerprint density at radius 2 is 1.96 bits per heavy atom. The van der Waals surface area contributed by atoms with Crippen molar-refractivity contribution in [2.75, 3.05) is 5.32 Å². The van der Waals surface area contributed by atoms with E-state index >= 15 is 0 Å². The molecule has 3 rings (SSSR count). The Morgan fingerprint density at radius 1 is 1.23 bits per heavy atom. The topological polar surface area (TPSA) is 84.2 Å². The quantitative estimate of drug-likeness (QED) is 0.825. The molecule has 0 bridgehead atoms. The van der Waals surface area contributed by atoms with E-state index in [1.807, 2.05) is 31.2 Å². The molecule has 2 amide bonds. The van der Waals surface area contributed by atoms with Gasteiger partial charge in [-0.2, -0.15) is 0 Å². The molecule has 1 aliphatic carbocycles. The minimum atomic E-state index is -0.117. The summed E-state index contributed by atoms with van der Waals surface area (Å²) in [5.41, 5.74) is 2.12. The van der Waals surface area contributed by atoms with E-state index in [1.165, 1.54) is 19.8 Å². The van der Waals surface area contributed by atoms with E-state index in [2.05, 4.69) is 15.6 Å². The highest BCUT2D eigenvalue weighted by Gasteiger charge is 2.20. The molecule has 6 heteroatoms. The number of amides is 2. The van der Waals surface area contributed by atoms with Crippen LogP contribution in [0.1, 0.15) is 50.5 Å². The second-order valence-corrected chi connectivity index (χ2v) is 6.88. The van der Waals surface area contributed by atoms with Crippen molar-refractivity contribution in [2.24, 2.45) is 5.92 Å². The molecule has 26 heavy (non-hydrogen) atoms. The number of hydrogen-bond acceptors (Lipinski definition) is 4. The van der Waals surface area contributed by atoms with Crippen molar-refractivity contribution in [2.45, 2.75) is 52.5 Å². The number of aromatic nitrogens is 1. The van der Waals surface area contributed by atoms with E-state index in [4.69, 9.17) is 4.42 Å². The largest absolute Gasteiger partial charge is 0.441 e. The third-order valence-electron chi connectivity index (χ3n) is 4.78. The average molecular weight is 355 g/mol. The van der Waals surface area contributed by atoms with E-state index in [9.17, 15) is 9.59 Å². The molecular weight excluding hydrogens is 330 g/mol. The van der Waals surface area contributed by atoms with Gasteiger partial charge in [0.2, 0.25) is 17.7 Å². The van der Waals surface area contributed by atoms with Crippen LogP contribution in [0.3, 0.4) is 0 Å². The fraction of sp³-hybridized carbons (Fsp3) is 0.450. The van der Waals surface area contributed by atoms with Crippen LogP contribution in [0.2, 0.25) is 0 Å². The summed E-state index contributed by atoms with van der Waals surface area (Å²) in [7, 11) is 0. The molecule has 1 aromatic carbocycles. The molecule has 0 unspecified atom stereocenters. The Morgan fingerprint density at radius 3 is 2.69 bits per heavy atom. The summed E-state index contributed by atoms with van der Waals surface area (Å²) in [5.74, 6) is 1.51. The van der Waals surface area contributed by atoms with Gasteiger partial charge in [-0.25, -0.2) is 4.98 Å². The van der Waals surface area contributed by atoms with Gasteiger partial charge in [-0.3, -0.25) is 9.59 Å². The number of rotatable bonds is 6. The fourth-order valence-electron chi connectivity index (χ4n) is 3.37. The Labute approximate surface area is 153 Å². The van der Waals surface area contributed by atoms with Crippen LogP contribution in [0.4, 0.5) is 5.69 Å². The number of nitrogens with one attached hydrogen (secondary N) is 2. The molecule has 2 aromatic rings. The van der Waals surface area contributed by atoms with Gasteiger partial charge in [-0.15, -0.1) is 0 Å². The number of oxazole rings is 1. The van der Waals surface area contributed by atoms with Gasteiger partial charge in [0.25, 0.3) is 0 Å². The molecule has 1 fully saturated rings. The van der Waals surface area contributed by atoms with Gasteiger partial charge in [0.1, 0.15) is 11.5 Å². The van der Waals surface area contributed by atoms with Crippen LogP contribution in [0.15, 0.2) is 28.7 Å². The van der Waals surface area contributed by atoms with Crippen LogP contribution >= 0.6 is 0 Å². The zero-order valence-corrected chi connectivity index (χ0v) is 15.3.